The number of aryl methyl sites for hydroxylation is 1. The SMILES string of the molecule is Cc1cc(C(=O)NCc2nc(C(=O)O)cs2)ccn1. The van der Waals surface area contributed by atoms with Crippen molar-refractivity contribution in [2.24, 2.45) is 0 Å². The lowest BCUT2D eigenvalue weighted by Crippen LogP contribution is -2.22. The molecule has 2 aromatic rings. The van der Waals surface area contributed by atoms with Gasteiger partial charge in [-0.1, -0.05) is 0 Å². The number of hydrogen-bond acceptors (Lipinski definition) is 5. The second-order valence-electron chi connectivity index (χ2n) is 3.80. The van der Waals surface area contributed by atoms with Crippen LogP contribution in [0, 0.1) is 6.92 Å². The molecule has 0 atom stereocenters. The quantitative estimate of drug-likeness (QED) is 0.883. The van der Waals surface area contributed by atoms with Crippen molar-refractivity contribution in [3.05, 3.63) is 45.7 Å². The zero-order chi connectivity index (χ0) is 13.8. The first-order chi connectivity index (χ1) is 9.06. The predicted octanol–water partition coefficient (Wildman–Crippen LogP) is 1.47. The van der Waals surface area contributed by atoms with Gasteiger partial charge in [0.05, 0.1) is 6.54 Å². The van der Waals surface area contributed by atoms with E-state index < -0.39 is 5.97 Å². The van der Waals surface area contributed by atoms with Gasteiger partial charge in [0.1, 0.15) is 5.01 Å². The Balaban J connectivity index is 1.98. The summed E-state index contributed by atoms with van der Waals surface area (Å²) in [5.74, 6) is -1.31. The van der Waals surface area contributed by atoms with E-state index in [1.54, 1.807) is 25.3 Å². The second-order valence-corrected chi connectivity index (χ2v) is 4.74. The zero-order valence-electron chi connectivity index (χ0n) is 10.1. The van der Waals surface area contributed by atoms with Gasteiger partial charge in [-0.25, -0.2) is 9.78 Å². The number of pyridine rings is 1. The molecule has 1 amide bonds. The molecule has 2 rings (SSSR count). The average molecular weight is 277 g/mol. The van der Waals surface area contributed by atoms with E-state index in [0.717, 1.165) is 5.69 Å². The van der Waals surface area contributed by atoms with Gasteiger partial charge in [-0.15, -0.1) is 11.3 Å². The summed E-state index contributed by atoms with van der Waals surface area (Å²) in [6, 6.07) is 3.30. The molecule has 0 aromatic carbocycles. The third-order valence-corrected chi connectivity index (χ3v) is 3.18. The zero-order valence-corrected chi connectivity index (χ0v) is 10.9. The van der Waals surface area contributed by atoms with Crippen molar-refractivity contribution in [3.63, 3.8) is 0 Å². The highest BCUT2D eigenvalue weighted by Gasteiger charge is 2.10. The van der Waals surface area contributed by atoms with Gasteiger partial charge in [0, 0.05) is 22.8 Å². The lowest BCUT2D eigenvalue weighted by atomic mass is 10.2. The molecule has 0 saturated heterocycles. The van der Waals surface area contributed by atoms with Crippen LogP contribution in [-0.4, -0.2) is 27.0 Å². The monoisotopic (exact) mass is 277 g/mol. The van der Waals surface area contributed by atoms with Crippen molar-refractivity contribution >= 4 is 23.2 Å². The largest absolute Gasteiger partial charge is 0.476 e. The second kappa shape index (κ2) is 5.57. The molecule has 0 bridgehead atoms. The van der Waals surface area contributed by atoms with E-state index in [0.29, 0.717) is 10.6 Å². The van der Waals surface area contributed by atoms with Gasteiger partial charge in [-0.2, -0.15) is 0 Å². The third kappa shape index (κ3) is 3.35. The van der Waals surface area contributed by atoms with Gasteiger partial charge in [-0.3, -0.25) is 9.78 Å². The molecule has 98 valence electrons. The maximum atomic E-state index is 11.8. The molecule has 0 spiro atoms. The van der Waals surface area contributed by atoms with Crippen molar-refractivity contribution in [1.29, 1.82) is 0 Å². The molecular weight excluding hydrogens is 266 g/mol. The Hall–Kier alpha value is -2.28. The molecule has 2 N–H and O–H groups in total. The Morgan fingerprint density at radius 1 is 1.47 bits per heavy atom. The van der Waals surface area contributed by atoms with Crippen molar-refractivity contribution in [3.8, 4) is 0 Å². The molecular formula is C12H11N3O3S. The Bertz CT molecular complexity index is 624. The normalized spacial score (nSPS) is 10.2. The Morgan fingerprint density at radius 2 is 2.26 bits per heavy atom. The van der Waals surface area contributed by atoms with Crippen LogP contribution in [0.3, 0.4) is 0 Å². The average Bonchev–Trinajstić information content (AvgIpc) is 2.85. The van der Waals surface area contributed by atoms with Crippen LogP contribution in [-0.2, 0) is 6.54 Å². The fourth-order valence-electron chi connectivity index (χ4n) is 1.44. The van der Waals surface area contributed by atoms with Crippen molar-refractivity contribution in [2.75, 3.05) is 0 Å². The summed E-state index contributed by atoms with van der Waals surface area (Å²) in [6.07, 6.45) is 1.57. The number of aromatic carboxylic acids is 1. The fourth-order valence-corrected chi connectivity index (χ4v) is 2.14. The number of thiazole rings is 1. The maximum Gasteiger partial charge on any atom is 0.355 e. The number of amides is 1. The molecule has 19 heavy (non-hydrogen) atoms. The summed E-state index contributed by atoms with van der Waals surface area (Å²) in [6.45, 7) is 2.01. The van der Waals surface area contributed by atoms with Gasteiger partial charge in [0.25, 0.3) is 5.91 Å². The highest BCUT2D eigenvalue weighted by atomic mass is 32.1. The van der Waals surface area contributed by atoms with Crippen molar-refractivity contribution in [2.45, 2.75) is 13.5 Å². The standard InChI is InChI=1S/C12H11N3O3S/c1-7-4-8(2-3-13-7)11(16)14-5-10-15-9(6-19-10)12(17)18/h2-4,6H,5H2,1H3,(H,14,16)(H,17,18). The minimum atomic E-state index is -1.07. The van der Waals surface area contributed by atoms with Gasteiger partial charge >= 0.3 is 5.97 Å². The molecule has 2 heterocycles. The lowest BCUT2D eigenvalue weighted by Gasteiger charge is -2.03. The molecule has 0 aliphatic heterocycles. The number of hydrogen-bond donors (Lipinski definition) is 2. The van der Waals surface area contributed by atoms with Crippen molar-refractivity contribution < 1.29 is 14.7 Å². The van der Waals surface area contributed by atoms with E-state index in [-0.39, 0.29) is 18.1 Å². The summed E-state index contributed by atoms with van der Waals surface area (Å²) >= 11 is 1.20. The van der Waals surface area contributed by atoms with E-state index >= 15 is 0 Å². The van der Waals surface area contributed by atoms with Crippen LogP contribution >= 0.6 is 11.3 Å². The van der Waals surface area contributed by atoms with Crippen molar-refractivity contribution in [1.82, 2.24) is 15.3 Å². The van der Waals surface area contributed by atoms with E-state index in [9.17, 15) is 9.59 Å². The Morgan fingerprint density at radius 3 is 2.89 bits per heavy atom. The number of carbonyl (C=O) groups is 2. The van der Waals surface area contributed by atoms with Crippen LogP contribution in [0.2, 0.25) is 0 Å². The van der Waals surface area contributed by atoms with E-state index in [1.807, 2.05) is 0 Å². The number of carboxylic acids is 1. The topological polar surface area (TPSA) is 92.2 Å². The number of rotatable bonds is 4. The number of carbonyl (C=O) groups excluding carboxylic acids is 1. The highest BCUT2D eigenvalue weighted by molar-refractivity contribution is 7.09. The molecule has 0 saturated carbocycles. The van der Waals surface area contributed by atoms with Crippen LogP contribution in [0.4, 0.5) is 0 Å². The Kier molecular flexibility index (Phi) is 3.86. The van der Waals surface area contributed by atoms with Gasteiger partial charge in [-0.05, 0) is 19.1 Å². The van der Waals surface area contributed by atoms with Crippen LogP contribution < -0.4 is 5.32 Å². The van der Waals surface area contributed by atoms with E-state index in [2.05, 4.69) is 15.3 Å². The van der Waals surface area contributed by atoms with Crippen LogP contribution in [0.1, 0.15) is 31.5 Å². The smallest absolute Gasteiger partial charge is 0.355 e. The summed E-state index contributed by atoms with van der Waals surface area (Å²) in [5, 5.41) is 13.4. The van der Waals surface area contributed by atoms with Crippen LogP contribution in [0.15, 0.2) is 23.7 Å². The minimum absolute atomic E-state index is 0.00555. The van der Waals surface area contributed by atoms with Gasteiger partial charge in [0.2, 0.25) is 0 Å². The molecule has 0 aliphatic rings. The third-order valence-electron chi connectivity index (χ3n) is 2.33. The van der Waals surface area contributed by atoms with Crippen LogP contribution in [0.5, 0.6) is 0 Å². The number of nitrogens with zero attached hydrogens (tertiary/aromatic N) is 2. The molecule has 6 nitrogen and oxygen atoms in total. The molecule has 0 unspecified atom stereocenters. The number of nitrogens with one attached hydrogen (secondary N) is 1. The molecule has 0 fully saturated rings. The first kappa shape index (κ1) is 13.2. The van der Waals surface area contributed by atoms with E-state index in [1.165, 1.54) is 16.7 Å². The summed E-state index contributed by atoms with van der Waals surface area (Å²) in [5.41, 5.74) is 1.27. The van der Waals surface area contributed by atoms with E-state index in [4.69, 9.17) is 5.11 Å². The molecule has 7 heteroatoms. The summed E-state index contributed by atoms with van der Waals surface area (Å²) < 4.78 is 0. The predicted molar refractivity (Wildman–Crippen MR) is 69.2 cm³/mol. The molecule has 2 aromatic heterocycles. The number of carboxylic acid groups (broad SMARTS) is 1. The first-order valence-electron chi connectivity index (χ1n) is 5.45. The van der Waals surface area contributed by atoms with Crippen LogP contribution in [0.25, 0.3) is 0 Å². The molecule has 0 aliphatic carbocycles. The number of aromatic nitrogens is 2. The highest BCUT2D eigenvalue weighted by Crippen LogP contribution is 2.10. The summed E-state index contributed by atoms with van der Waals surface area (Å²) in [4.78, 5) is 30.4. The lowest BCUT2D eigenvalue weighted by molar-refractivity contribution is 0.0691. The first-order valence-corrected chi connectivity index (χ1v) is 6.33. The molecule has 0 radical (unpaired) electrons. The fraction of sp³-hybridized carbons (Fsp3) is 0.167. The van der Waals surface area contributed by atoms with Gasteiger partial charge < -0.3 is 10.4 Å². The Labute approximate surface area is 113 Å². The minimum Gasteiger partial charge on any atom is -0.476 e. The summed E-state index contributed by atoms with van der Waals surface area (Å²) in [7, 11) is 0. The maximum absolute atomic E-state index is 11.8. The van der Waals surface area contributed by atoms with Gasteiger partial charge in [0.15, 0.2) is 5.69 Å².